The first-order valence-electron chi connectivity index (χ1n) is 8.91. The second-order valence-corrected chi connectivity index (χ2v) is 8.73. The third-order valence-corrected chi connectivity index (χ3v) is 6.04. The molecule has 0 radical (unpaired) electrons. The fourth-order valence-corrected chi connectivity index (χ4v) is 4.29. The van der Waals surface area contributed by atoms with E-state index in [9.17, 15) is 13.2 Å². The van der Waals surface area contributed by atoms with E-state index in [1.165, 1.54) is 38.3 Å². The van der Waals surface area contributed by atoms with Crippen molar-refractivity contribution in [3.8, 4) is 0 Å². The molecule has 6 nitrogen and oxygen atoms in total. The number of carbonyl (C=O) groups is 1. The summed E-state index contributed by atoms with van der Waals surface area (Å²) in [5.74, 6) is 0.193. The highest BCUT2D eigenvalue weighted by molar-refractivity contribution is 7.89. The molecule has 1 atom stereocenters. The molecule has 1 heterocycles. The van der Waals surface area contributed by atoms with Gasteiger partial charge in [0, 0.05) is 25.2 Å². The Morgan fingerprint density at radius 3 is 2.24 bits per heavy atom. The topological polar surface area (TPSA) is 78.5 Å². The molecule has 0 aromatic heterocycles. The monoisotopic (exact) mass is 367 g/mol. The molecule has 1 aliphatic rings. The van der Waals surface area contributed by atoms with E-state index >= 15 is 0 Å². The maximum Gasteiger partial charge on any atom is 0.240 e. The Morgan fingerprint density at radius 1 is 1.12 bits per heavy atom. The van der Waals surface area contributed by atoms with Gasteiger partial charge in [0.25, 0.3) is 0 Å². The van der Waals surface area contributed by atoms with Gasteiger partial charge >= 0.3 is 0 Å². The van der Waals surface area contributed by atoms with Crippen molar-refractivity contribution < 1.29 is 13.2 Å². The van der Waals surface area contributed by atoms with E-state index in [1.54, 1.807) is 12.1 Å². The fourth-order valence-electron chi connectivity index (χ4n) is 3.24. The molecular formula is C18H29N3O3S. The van der Waals surface area contributed by atoms with Crippen LogP contribution in [0.2, 0.25) is 0 Å². The van der Waals surface area contributed by atoms with Gasteiger partial charge in [0.05, 0.1) is 4.90 Å². The number of benzene rings is 1. The van der Waals surface area contributed by atoms with Crippen LogP contribution in [-0.2, 0) is 14.8 Å². The number of hydrogen-bond acceptors (Lipinski definition) is 4. The van der Waals surface area contributed by atoms with Crippen LogP contribution in [0.3, 0.4) is 0 Å². The van der Waals surface area contributed by atoms with Crippen molar-refractivity contribution in [1.82, 2.24) is 9.62 Å². The van der Waals surface area contributed by atoms with E-state index < -0.39 is 10.0 Å². The number of piperidine rings is 1. The molecule has 1 saturated heterocycles. The number of rotatable bonds is 7. The van der Waals surface area contributed by atoms with E-state index in [1.807, 2.05) is 0 Å². The highest BCUT2D eigenvalue weighted by atomic mass is 32.2. The van der Waals surface area contributed by atoms with E-state index in [2.05, 4.69) is 28.8 Å². The molecule has 0 aliphatic carbocycles. The zero-order chi connectivity index (χ0) is 18.4. The van der Waals surface area contributed by atoms with E-state index in [0.29, 0.717) is 18.2 Å². The van der Waals surface area contributed by atoms with Crippen molar-refractivity contribution in [3.63, 3.8) is 0 Å². The van der Waals surface area contributed by atoms with Gasteiger partial charge in [-0.1, -0.05) is 20.3 Å². The number of carbonyl (C=O) groups excluding carboxylic acids is 1. The molecular weight excluding hydrogens is 338 g/mol. The minimum absolute atomic E-state index is 0.185. The maximum atomic E-state index is 12.6. The molecule has 0 spiro atoms. The summed E-state index contributed by atoms with van der Waals surface area (Å²) < 4.78 is 27.9. The molecule has 1 fully saturated rings. The van der Waals surface area contributed by atoms with Crippen molar-refractivity contribution in [1.29, 1.82) is 0 Å². The lowest BCUT2D eigenvalue weighted by Gasteiger charge is -2.37. The van der Waals surface area contributed by atoms with E-state index in [0.717, 1.165) is 13.1 Å². The van der Waals surface area contributed by atoms with Gasteiger partial charge in [-0.05, 0) is 56.1 Å². The van der Waals surface area contributed by atoms with E-state index in [4.69, 9.17) is 0 Å². The summed E-state index contributed by atoms with van der Waals surface area (Å²) in [5, 5.41) is 2.63. The highest BCUT2D eigenvalue weighted by Crippen LogP contribution is 2.18. The van der Waals surface area contributed by atoms with Crippen LogP contribution in [0.1, 0.15) is 40.0 Å². The Labute approximate surface area is 151 Å². The van der Waals surface area contributed by atoms with Crippen LogP contribution >= 0.6 is 0 Å². The smallest absolute Gasteiger partial charge is 0.240 e. The lowest BCUT2D eigenvalue weighted by Crippen LogP contribution is -2.48. The second-order valence-electron chi connectivity index (χ2n) is 6.97. The number of amides is 1. The quantitative estimate of drug-likeness (QED) is 0.776. The second kappa shape index (κ2) is 8.78. The molecule has 1 amide bonds. The molecule has 1 aromatic carbocycles. The zero-order valence-electron chi connectivity index (χ0n) is 15.3. The molecule has 1 unspecified atom stereocenters. The largest absolute Gasteiger partial charge is 0.326 e. The van der Waals surface area contributed by atoms with Gasteiger partial charge in [0.1, 0.15) is 0 Å². The lowest BCUT2D eigenvalue weighted by molar-refractivity contribution is -0.114. The molecule has 2 N–H and O–H groups in total. The lowest BCUT2D eigenvalue weighted by atomic mass is 9.99. The molecule has 140 valence electrons. The average Bonchev–Trinajstić information content (AvgIpc) is 2.55. The van der Waals surface area contributed by atoms with Crippen LogP contribution in [0.15, 0.2) is 29.2 Å². The number of hydrogen-bond donors (Lipinski definition) is 2. The van der Waals surface area contributed by atoms with Gasteiger partial charge in [-0.2, -0.15) is 0 Å². The van der Waals surface area contributed by atoms with Crippen LogP contribution in [0.25, 0.3) is 0 Å². The zero-order valence-corrected chi connectivity index (χ0v) is 16.1. The fraction of sp³-hybridized carbons (Fsp3) is 0.611. The first-order chi connectivity index (χ1) is 11.8. The van der Waals surface area contributed by atoms with Gasteiger partial charge in [-0.25, -0.2) is 13.1 Å². The number of nitrogens with one attached hydrogen (secondary N) is 2. The minimum atomic E-state index is -3.56. The summed E-state index contributed by atoms with van der Waals surface area (Å²) in [4.78, 5) is 13.7. The number of anilines is 1. The van der Waals surface area contributed by atoms with Crippen LogP contribution < -0.4 is 10.0 Å². The van der Waals surface area contributed by atoms with Crippen LogP contribution in [0.4, 0.5) is 5.69 Å². The molecule has 1 aromatic rings. The molecule has 2 rings (SSSR count). The Bertz CT molecular complexity index is 665. The Kier molecular flexibility index (Phi) is 6.98. The Balaban J connectivity index is 2.02. The van der Waals surface area contributed by atoms with Crippen LogP contribution in [0, 0.1) is 5.92 Å². The Morgan fingerprint density at radius 2 is 1.72 bits per heavy atom. The third-order valence-electron chi connectivity index (χ3n) is 4.60. The van der Waals surface area contributed by atoms with Gasteiger partial charge in [0.2, 0.25) is 15.9 Å². The summed E-state index contributed by atoms with van der Waals surface area (Å²) in [6, 6.07) is 6.42. The standard InChI is InChI=1S/C18H29N3O3S/c1-14(2)18(21-11-5-4-6-12-21)13-19-25(23,24)17-9-7-16(8-10-17)20-15(3)22/h7-10,14,18-19H,4-6,11-13H2,1-3H3,(H,20,22). The van der Waals surface area contributed by atoms with Crippen molar-refractivity contribution in [2.75, 3.05) is 25.0 Å². The van der Waals surface area contributed by atoms with Crippen molar-refractivity contribution >= 4 is 21.6 Å². The summed E-state index contributed by atoms with van der Waals surface area (Å²) >= 11 is 0. The summed E-state index contributed by atoms with van der Waals surface area (Å²) in [5.41, 5.74) is 0.583. The third kappa shape index (κ3) is 5.80. The summed E-state index contributed by atoms with van der Waals surface area (Å²) in [6.07, 6.45) is 3.62. The molecule has 0 saturated carbocycles. The first kappa shape index (κ1) is 19.9. The predicted molar refractivity (Wildman–Crippen MR) is 100.0 cm³/mol. The van der Waals surface area contributed by atoms with Crippen LogP contribution in [-0.4, -0.2) is 44.9 Å². The van der Waals surface area contributed by atoms with Crippen molar-refractivity contribution in [2.24, 2.45) is 5.92 Å². The average molecular weight is 368 g/mol. The van der Waals surface area contributed by atoms with Gasteiger partial charge in [-0.3, -0.25) is 9.69 Å². The number of nitrogens with zero attached hydrogens (tertiary/aromatic N) is 1. The maximum absolute atomic E-state index is 12.6. The van der Waals surface area contributed by atoms with Crippen LogP contribution in [0.5, 0.6) is 0 Å². The minimum Gasteiger partial charge on any atom is -0.326 e. The molecule has 1 aliphatic heterocycles. The SMILES string of the molecule is CC(=O)Nc1ccc(S(=O)(=O)NCC(C(C)C)N2CCCCC2)cc1. The summed E-state index contributed by atoms with van der Waals surface area (Å²) in [6.45, 7) is 8.17. The number of likely N-dealkylation sites (tertiary alicyclic amines) is 1. The van der Waals surface area contributed by atoms with Crippen molar-refractivity contribution in [2.45, 2.75) is 51.0 Å². The molecule has 25 heavy (non-hydrogen) atoms. The predicted octanol–water partition coefficient (Wildman–Crippen LogP) is 2.43. The molecule has 0 bridgehead atoms. The molecule has 7 heteroatoms. The summed E-state index contributed by atoms with van der Waals surface area (Å²) in [7, 11) is -3.56. The van der Waals surface area contributed by atoms with Gasteiger partial charge < -0.3 is 5.32 Å². The van der Waals surface area contributed by atoms with Gasteiger partial charge in [0.15, 0.2) is 0 Å². The van der Waals surface area contributed by atoms with E-state index in [-0.39, 0.29) is 16.8 Å². The Hall–Kier alpha value is -1.44. The van der Waals surface area contributed by atoms with Gasteiger partial charge in [-0.15, -0.1) is 0 Å². The van der Waals surface area contributed by atoms with Crippen molar-refractivity contribution in [3.05, 3.63) is 24.3 Å². The normalized spacial score (nSPS) is 17.4. The first-order valence-corrected chi connectivity index (χ1v) is 10.4. The highest BCUT2D eigenvalue weighted by Gasteiger charge is 2.25. The number of sulfonamides is 1.